The van der Waals surface area contributed by atoms with E-state index in [9.17, 15) is 4.79 Å². The van der Waals surface area contributed by atoms with E-state index < -0.39 is 0 Å². The van der Waals surface area contributed by atoms with Crippen LogP contribution in [0.15, 0.2) is 22.1 Å². The molecule has 0 spiro atoms. The second-order valence-electron chi connectivity index (χ2n) is 5.78. The lowest BCUT2D eigenvalue weighted by Crippen LogP contribution is -2.42. The number of carbonyl (C=O) groups excluding carboxylic acids is 1. The molecule has 1 aliphatic heterocycles. The van der Waals surface area contributed by atoms with Gasteiger partial charge in [0.15, 0.2) is 5.69 Å². The standard InChI is InChI=1S/C15H22N4O2S/c16-6-1-9-22-19-7-4-12(5-8-19)17-15(20)13-10-14(21-18-13)11-2-3-11/h1,9-12H,2-8,16H2,(H,17,20)/b9-1+. The first kappa shape index (κ1) is 15.6. The van der Waals surface area contributed by atoms with E-state index in [4.69, 9.17) is 10.3 Å². The maximum atomic E-state index is 12.2. The summed E-state index contributed by atoms with van der Waals surface area (Å²) in [7, 11) is 0. The Hall–Kier alpha value is -1.31. The van der Waals surface area contributed by atoms with Gasteiger partial charge in [-0.3, -0.25) is 4.79 Å². The highest BCUT2D eigenvalue weighted by molar-refractivity contribution is 7.99. The molecular weight excluding hydrogens is 300 g/mol. The van der Waals surface area contributed by atoms with Gasteiger partial charge >= 0.3 is 0 Å². The fourth-order valence-corrected chi connectivity index (χ4v) is 3.30. The number of rotatable bonds is 6. The molecule has 6 nitrogen and oxygen atoms in total. The van der Waals surface area contributed by atoms with E-state index in [1.807, 2.05) is 11.5 Å². The van der Waals surface area contributed by atoms with Crippen molar-refractivity contribution >= 4 is 17.9 Å². The number of hydrogen-bond donors (Lipinski definition) is 2. The van der Waals surface area contributed by atoms with Gasteiger partial charge in [-0.1, -0.05) is 23.2 Å². The van der Waals surface area contributed by atoms with Crippen molar-refractivity contribution in [3.63, 3.8) is 0 Å². The van der Waals surface area contributed by atoms with Crippen LogP contribution in [0.2, 0.25) is 0 Å². The maximum Gasteiger partial charge on any atom is 0.273 e. The summed E-state index contributed by atoms with van der Waals surface area (Å²) in [6.07, 6.45) is 6.13. The van der Waals surface area contributed by atoms with Gasteiger partial charge in [-0.25, -0.2) is 4.31 Å². The molecule has 7 heteroatoms. The van der Waals surface area contributed by atoms with E-state index >= 15 is 0 Å². The van der Waals surface area contributed by atoms with Crippen molar-refractivity contribution in [3.8, 4) is 0 Å². The Kier molecular flexibility index (Phi) is 5.17. The van der Waals surface area contributed by atoms with Crippen molar-refractivity contribution in [3.05, 3.63) is 29.0 Å². The van der Waals surface area contributed by atoms with Crippen LogP contribution in [0.1, 0.15) is 47.8 Å². The largest absolute Gasteiger partial charge is 0.360 e. The van der Waals surface area contributed by atoms with Crippen LogP contribution in [0, 0.1) is 0 Å². The normalized spacial score (nSPS) is 20.6. The molecule has 3 rings (SSSR count). The van der Waals surface area contributed by atoms with Crippen molar-refractivity contribution in [2.45, 2.75) is 37.6 Å². The average molecular weight is 322 g/mol. The van der Waals surface area contributed by atoms with E-state index in [1.54, 1.807) is 18.0 Å². The Morgan fingerprint density at radius 1 is 1.45 bits per heavy atom. The van der Waals surface area contributed by atoms with Crippen LogP contribution < -0.4 is 11.1 Å². The number of nitrogens with one attached hydrogen (secondary N) is 1. The molecule has 1 aliphatic carbocycles. The minimum absolute atomic E-state index is 0.121. The minimum Gasteiger partial charge on any atom is -0.360 e. The summed E-state index contributed by atoms with van der Waals surface area (Å²) in [6, 6.07) is 2.00. The van der Waals surface area contributed by atoms with E-state index in [1.165, 1.54) is 0 Å². The van der Waals surface area contributed by atoms with Gasteiger partial charge in [-0.05, 0) is 31.1 Å². The zero-order valence-electron chi connectivity index (χ0n) is 12.5. The second-order valence-corrected chi connectivity index (χ2v) is 6.78. The Bertz CT molecular complexity index is 533. The maximum absolute atomic E-state index is 12.2. The molecule has 22 heavy (non-hydrogen) atoms. The monoisotopic (exact) mass is 322 g/mol. The molecule has 0 radical (unpaired) electrons. The highest BCUT2D eigenvalue weighted by Gasteiger charge is 2.29. The molecule has 1 aromatic heterocycles. The Morgan fingerprint density at radius 2 is 2.23 bits per heavy atom. The van der Waals surface area contributed by atoms with Crippen LogP contribution in [0.5, 0.6) is 0 Å². The van der Waals surface area contributed by atoms with Gasteiger partial charge in [0.05, 0.1) is 0 Å². The van der Waals surface area contributed by atoms with Gasteiger partial charge in [0, 0.05) is 37.7 Å². The molecule has 120 valence electrons. The van der Waals surface area contributed by atoms with Crippen molar-refractivity contribution in [2.75, 3.05) is 19.6 Å². The zero-order valence-corrected chi connectivity index (χ0v) is 13.3. The number of carbonyl (C=O) groups is 1. The molecule has 3 N–H and O–H groups in total. The number of aromatic nitrogens is 1. The Labute approximate surface area is 134 Å². The van der Waals surface area contributed by atoms with Crippen LogP contribution in [0.4, 0.5) is 0 Å². The number of amides is 1. The first-order chi connectivity index (χ1) is 10.8. The predicted molar refractivity (Wildman–Crippen MR) is 86.3 cm³/mol. The lowest BCUT2D eigenvalue weighted by atomic mass is 10.1. The SMILES string of the molecule is NC/C=C/SN1CCC(NC(=O)c2cc(C3CC3)on2)CC1. The third-order valence-electron chi connectivity index (χ3n) is 3.97. The quantitative estimate of drug-likeness (QED) is 0.778. The van der Waals surface area contributed by atoms with Crippen LogP contribution in [0.25, 0.3) is 0 Å². The molecule has 0 bridgehead atoms. The molecule has 0 unspecified atom stereocenters. The Balaban J connectivity index is 1.43. The second kappa shape index (κ2) is 7.30. The van der Waals surface area contributed by atoms with Gasteiger partial charge < -0.3 is 15.6 Å². The van der Waals surface area contributed by atoms with Crippen LogP contribution in [0.3, 0.4) is 0 Å². The molecule has 2 aliphatic rings. The van der Waals surface area contributed by atoms with Crippen molar-refractivity contribution < 1.29 is 9.32 Å². The third-order valence-corrected chi connectivity index (χ3v) is 4.95. The summed E-state index contributed by atoms with van der Waals surface area (Å²) < 4.78 is 7.52. The first-order valence-electron chi connectivity index (χ1n) is 7.80. The third kappa shape index (κ3) is 4.12. The summed E-state index contributed by atoms with van der Waals surface area (Å²) in [4.78, 5) is 12.2. The zero-order chi connectivity index (χ0) is 15.4. The number of hydrogen-bond acceptors (Lipinski definition) is 6. The van der Waals surface area contributed by atoms with Crippen LogP contribution >= 0.6 is 11.9 Å². The van der Waals surface area contributed by atoms with Gasteiger partial charge in [-0.2, -0.15) is 0 Å². The smallest absolute Gasteiger partial charge is 0.273 e. The lowest BCUT2D eigenvalue weighted by Gasteiger charge is -2.30. The molecule has 1 aromatic rings. The summed E-state index contributed by atoms with van der Waals surface area (Å²) in [5.74, 6) is 1.21. The highest BCUT2D eigenvalue weighted by atomic mass is 32.2. The number of nitrogens with zero attached hydrogens (tertiary/aromatic N) is 2. The van der Waals surface area contributed by atoms with Crippen molar-refractivity contribution in [1.29, 1.82) is 0 Å². The van der Waals surface area contributed by atoms with E-state index in [-0.39, 0.29) is 11.9 Å². The Morgan fingerprint density at radius 3 is 2.91 bits per heavy atom. The van der Waals surface area contributed by atoms with E-state index in [0.717, 1.165) is 44.5 Å². The summed E-state index contributed by atoms with van der Waals surface area (Å²) in [5.41, 5.74) is 5.83. The molecule has 1 saturated heterocycles. The molecule has 0 atom stereocenters. The summed E-state index contributed by atoms with van der Waals surface area (Å²) in [6.45, 7) is 2.48. The lowest BCUT2D eigenvalue weighted by molar-refractivity contribution is 0.0915. The van der Waals surface area contributed by atoms with Crippen LogP contribution in [-0.2, 0) is 0 Å². The molecule has 1 saturated carbocycles. The molecule has 0 aromatic carbocycles. The fraction of sp³-hybridized carbons (Fsp3) is 0.600. The number of piperidine rings is 1. The summed E-state index contributed by atoms with van der Waals surface area (Å²) in [5, 5.41) is 8.97. The molecule has 2 heterocycles. The van der Waals surface area contributed by atoms with Gasteiger partial charge in [0.1, 0.15) is 5.76 Å². The van der Waals surface area contributed by atoms with Crippen molar-refractivity contribution in [1.82, 2.24) is 14.8 Å². The van der Waals surface area contributed by atoms with Gasteiger partial charge in [0.2, 0.25) is 0 Å². The summed E-state index contributed by atoms with van der Waals surface area (Å²) >= 11 is 1.69. The highest BCUT2D eigenvalue weighted by Crippen LogP contribution is 2.40. The van der Waals surface area contributed by atoms with E-state index in [2.05, 4.69) is 14.8 Å². The molecular formula is C15H22N4O2S. The van der Waals surface area contributed by atoms with Crippen LogP contribution in [-0.4, -0.2) is 41.0 Å². The fourth-order valence-electron chi connectivity index (χ4n) is 2.51. The van der Waals surface area contributed by atoms with Gasteiger partial charge in [-0.15, -0.1) is 0 Å². The molecule has 2 fully saturated rings. The topological polar surface area (TPSA) is 84.4 Å². The predicted octanol–water partition coefficient (Wildman–Crippen LogP) is 1.87. The van der Waals surface area contributed by atoms with Crippen molar-refractivity contribution in [2.24, 2.45) is 5.73 Å². The average Bonchev–Trinajstić information content (AvgIpc) is 3.26. The minimum atomic E-state index is -0.121. The van der Waals surface area contributed by atoms with E-state index in [0.29, 0.717) is 18.2 Å². The van der Waals surface area contributed by atoms with Gasteiger partial charge in [0.25, 0.3) is 5.91 Å². The molecule has 1 amide bonds. The number of nitrogens with two attached hydrogens (primary N) is 1. The first-order valence-corrected chi connectivity index (χ1v) is 8.64.